The van der Waals surface area contributed by atoms with E-state index >= 15 is 0 Å². The van der Waals surface area contributed by atoms with Gasteiger partial charge in [-0.1, -0.05) is 12.1 Å². The van der Waals surface area contributed by atoms with E-state index in [0.29, 0.717) is 5.69 Å². The molecule has 1 aromatic carbocycles. The molecule has 0 fully saturated rings. The van der Waals surface area contributed by atoms with E-state index in [-0.39, 0.29) is 0 Å². The molecule has 4 heteroatoms. The molecule has 0 aliphatic heterocycles. The van der Waals surface area contributed by atoms with Gasteiger partial charge >= 0.3 is 5.91 Å². The molecule has 0 atom stereocenters. The molecule has 0 bridgehead atoms. The Labute approximate surface area is 78.1 Å². The predicted octanol–water partition coefficient (Wildman–Crippen LogP) is 1.91. The molecule has 0 aliphatic rings. The molecule has 1 amide bonds. The highest BCUT2D eigenvalue weighted by atomic mass is 79.9. The van der Waals surface area contributed by atoms with Gasteiger partial charge in [-0.2, -0.15) is 5.26 Å². The Kier molecular flexibility index (Phi) is 2.83. The quantitative estimate of drug-likeness (QED) is 0.742. The minimum atomic E-state index is -0.665. The van der Waals surface area contributed by atoms with Gasteiger partial charge in [0.2, 0.25) is 0 Å². The number of halogens is 1. The van der Waals surface area contributed by atoms with Crippen molar-refractivity contribution in [2.45, 2.75) is 0 Å². The van der Waals surface area contributed by atoms with Crippen LogP contribution in [0.3, 0.4) is 0 Å². The molecule has 0 saturated carbocycles. The molecule has 0 heterocycles. The molecule has 0 saturated heterocycles. The number of nitrogens with one attached hydrogen (secondary N) is 1. The standard InChI is InChI=1S/C8H5BrN2O/c9-6-3-1-2-4-7(6)11-8(12)5-10/h1-4H,(H,11,12). The Morgan fingerprint density at radius 3 is 2.75 bits per heavy atom. The van der Waals surface area contributed by atoms with E-state index in [4.69, 9.17) is 5.26 Å². The van der Waals surface area contributed by atoms with E-state index in [2.05, 4.69) is 21.2 Å². The Morgan fingerprint density at radius 1 is 1.50 bits per heavy atom. The molecule has 12 heavy (non-hydrogen) atoms. The van der Waals surface area contributed by atoms with Crippen LogP contribution >= 0.6 is 15.9 Å². The lowest BCUT2D eigenvalue weighted by atomic mass is 10.3. The van der Waals surface area contributed by atoms with Gasteiger partial charge in [0.1, 0.15) is 0 Å². The van der Waals surface area contributed by atoms with Crippen molar-refractivity contribution in [1.82, 2.24) is 0 Å². The van der Waals surface area contributed by atoms with Gasteiger partial charge in [-0.05, 0) is 28.1 Å². The summed E-state index contributed by atoms with van der Waals surface area (Å²) in [7, 11) is 0. The molecule has 0 spiro atoms. The van der Waals surface area contributed by atoms with Crippen LogP contribution in [0.4, 0.5) is 5.69 Å². The maximum absolute atomic E-state index is 10.6. The molecule has 60 valence electrons. The molecular weight excluding hydrogens is 220 g/mol. The third-order valence-electron chi connectivity index (χ3n) is 1.22. The van der Waals surface area contributed by atoms with Crippen molar-refractivity contribution >= 4 is 27.5 Å². The maximum Gasteiger partial charge on any atom is 0.326 e. The number of para-hydroxylation sites is 1. The first-order valence-corrected chi connectivity index (χ1v) is 3.99. The van der Waals surface area contributed by atoms with Gasteiger partial charge < -0.3 is 5.32 Å². The molecule has 1 N–H and O–H groups in total. The average Bonchev–Trinajstić information content (AvgIpc) is 2.09. The zero-order valence-corrected chi connectivity index (χ0v) is 7.63. The van der Waals surface area contributed by atoms with E-state index in [1.807, 2.05) is 6.07 Å². The maximum atomic E-state index is 10.6. The van der Waals surface area contributed by atoms with Crippen LogP contribution in [0.25, 0.3) is 0 Å². The van der Waals surface area contributed by atoms with Gasteiger partial charge in [0.25, 0.3) is 0 Å². The van der Waals surface area contributed by atoms with E-state index < -0.39 is 5.91 Å². The zero-order chi connectivity index (χ0) is 8.97. The van der Waals surface area contributed by atoms with Crippen molar-refractivity contribution in [3.05, 3.63) is 28.7 Å². The largest absolute Gasteiger partial charge is 0.326 e. The Morgan fingerprint density at radius 2 is 2.17 bits per heavy atom. The number of carbonyl (C=O) groups is 1. The second-order valence-corrected chi connectivity index (χ2v) is 2.90. The number of hydrogen-bond donors (Lipinski definition) is 1. The van der Waals surface area contributed by atoms with Crippen molar-refractivity contribution in [3.63, 3.8) is 0 Å². The number of hydrogen-bond acceptors (Lipinski definition) is 2. The lowest BCUT2D eigenvalue weighted by molar-refractivity contribution is -0.111. The van der Waals surface area contributed by atoms with Crippen LogP contribution in [-0.2, 0) is 4.79 Å². The number of amides is 1. The Balaban J connectivity index is 2.84. The minimum Gasteiger partial charge on any atom is -0.312 e. The summed E-state index contributed by atoms with van der Waals surface area (Å²) < 4.78 is 0.758. The fourth-order valence-corrected chi connectivity index (χ4v) is 1.10. The first kappa shape index (κ1) is 8.75. The van der Waals surface area contributed by atoms with Crippen LogP contribution in [0.2, 0.25) is 0 Å². The van der Waals surface area contributed by atoms with Crippen LogP contribution in [0.5, 0.6) is 0 Å². The number of carbonyl (C=O) groups excluding carboxylic acids is 1. The summed E-state index contributed by atoms with van der Waals surface area (Å²) in [5.74, 6) is -0.665. The highest BCUT2D eigenvalue weighted by Gasteiger charge is 2.01. The summed E-state index contributed by atoms with van der Waals surface area (Å²) in [6.07, 6.45) is 0. The van der Waals surface area contributed by atoms with Gasteiger partial charge in [-0.3, -0.25) is 4.79 Å². The molecular formula is C8H5BrN2O. The number of nitrogens with zero attached hydrogens (tertiary/aromatic N) is 1. The van der Waals surface area contributed by atoms with E-state index in [1.165, 1.54) is 6.07 Å². The van der Waals surface area contributed by atoms with Crippen molar-refractivity contribution < 1.29 is 4.79 Å². The average molecular weight is 225 g/mol. The lowest BCUT2D eigenvalue weighted by Gasteiger charge is -2.01. The third kappa shape index (κ3) is 2.07. The molecule has 3 nitrogen and oxygen atoms in total. The minimum absolute atomic E-state index is 0.601. The SMILES string of the molecule is N#CC(=O)Nc1ccccc1Br. The molecule has 1 aromatic rings. The van der Waals surface area contributed by atoms with Crippen LogP contribution in [0.1, 0.15) is 0 Å². The highest BCUT2D eigenvalue weighted by molar-refractivity contribution is 9.10. The van der Waals surface area contributed by atoms with Crippen molar-refractivity contribution in [1.29, 1.82) is 5.26 Å². The van der Waals surface area contributed by atoms with E-state index in [1.54, 1.807) is 18.2 Å². The molecule has 0 unspecified atom stereocenters. The zero-order valence-electron chi connectivity index (χ0n) is 6.04. The van der Waals surface area contributed by atoms with Crippen molar-refractivity contribution in [2.75, 3.05) is 5.32 Å². The van der Waals surface area contributed by atoms with Gasteiger partial charge in [-0.15, -0.1) is 0 Å². The molecule has 0 aliphatic carbocycles. The monoisotopic (exact) mass is 224 g/mol. The number of rotatable bonds is 1. The van der Waals surface area contributed by atoms with Gasteiger partial charge in [0.15, 0.2) is 6.07 Å². The number of anilines is 1. The van der Waals surface area contributed by atoms with Crippen molar-refractivity contribution in [2.24, 2.45) is 0 Å². The highest BCUT2D eigenvalue weighted by Crippen LogP contribution is 2.20. The van der Waals surface area contributed by atoms with E-state index in [9.17, 15) is 4.79 Å². The summed E-state index contributed by atoms with van der Waals surface area (Å²) in [6.45, 7) is 0. The lowest BCUT2D eigenvalue weighted by Crippen LogP contribution is -2.08. The number of nitriles is 1. The predicted molar refractivity (Wildman–Crippen MR) is 48.4 cm³/mol. The first-order valence-electron chi connectivity index (χ1n) is 3.19. The van der Waals surface area contributed by atoms with Gasteiger partial charge in [0, 0.05) is 4.47 Å². The van der Waals surface area contributed by atoms with Gasteiger partial charge in [-0.25, -0.2) is 0 Å². The Hall–Kier alpha value is -1.34. The second kappa shape index (κ2) is 3.88. The van der Waals surface area contributed by atoms with Crippen LogP contribution in [-0.4, -0.2) is 5.91 Å². The van der Waals surface area contributed by atoms with E-state index in [0.717, 1.165) is 4.47 Å². The fourth-order valence-electron chi connectivity index (χ4n) is 0.713. The first-order chi connectivity index (χ1) is 5.74. The summed E-state index contributed by atoms with van der Waals surface area (Å²) in [5.41, 5.74) is 0.601. The Bertz CT molecular complexity index is 343. The second-order valence-electron chi connectivity index (χ2n) is 2.05. The fraction of sp³-hybridized carbons (Fsp3) is 0. The summed E-state index contributed by atoms with van der Waals surface area (Å²) in [4.78, 5) is 10.6. The summed E-state index contributed by atoms with van der Waals surface area (Å²) >= 11 is 3.23. The third-order valence-corrected chi connectivity index (χ3v) is 1.92. The molecule has 0 radical (unpaired) electrons. The smallest absolute Gasteiger partial charge is 0.312 e. The molecule has 1 rings (SSSR count). The topological polar surface area (TPSA) is 52.9 Å². The summed E-state index contributed by atoms with van der Waals surface area (Å²) in [5, 5.41) is 10.6. The summed E-state index contributed by atoms with van der Waals surface area (Å²) in [6, 6.07) is 8.56. The van der Waals surface area contributed by atoms with Crippen molar-refractivity contribution in [3.8, 4) is 6.07 Å². The van der Waals surface area contributed by atoms with Crippen LogP contribution in [0.15, 0.2) is 28.7 Å². The normalized spacial score (nSPS) is 8.67. The van der Waals surface area contributed by atoms with Crippen LogP contribution < -0.4 is 5.32 Å². The molecule has 0 aromatic heterocycles. The number of benzene rings is 1. The van der Waals surface area contributed by atoms with Crippen LogP contribution in [0, 0.1) is 11.3 Å². The van der Waals surface area contributed by atoms with Gasteiger partial charge in [0.05, 0.1) is 5.69 Å².